The molecule has 0 spiro atoms. The predicted octanol–water partition coefficient (Wildman–Crippen LogP) is 3.96. The summed E-state index contributed by atoms with van der Waals surface area (Å²) in [5, 5.41) is 3.69. The number of ether oxygens (including phenoxy) is 1. The molecule has 32 heavy (non-hydrogen) atoms. The number of hydrogen-bond acceptors (Lipinski definition) is 5. The van der Waals surface area contributed by atoms with Gasteiger partial charge in [-0.05, 0) is 44.6 Å². The average molecular weight is 482 g/mol. The fraction of sp³-hybridized carbons (Fsp3) is 0.478. The van der Waals surface area contributed by atoms with Gasteiger partial charge < -0.3 is 15.0 Å². The first-order valence-electron chi connectivity index (χ1n) is 10.8. The second-order valence-electron chi connectivity index (χ2n) is 8.78. The molecule has 2 aliphatic rings. The Morgan fingerprint density at radius 3 is 2.69 bits per heavy atom. The van der Waals surface area contributed by atoms with Gasteiger partial charge >= 0.3 is 0 Å². The Morgan fingerprint density at radius 2 is 1.97 bits per heavy atom. The van der Waals surface area contributed by atoms with E-state index in [1.165, 1.54) is 6.07 Å². The molecule has 2 aromatic rings. The SMILES string of the molecule is CN(C)CCS(=O)(=O)NC[C@H]1CC[C@@H]2[C@H](O1)c1cc(Cl)cc(F)c1N[C@H]2c1ccccc1. The van der Waals surface area contributed by atoms with Crippen molar-refractivity contribution in [2.45, 2.75) is 31.1 Å². The van der Waals surface area contributed by atoms with E-state index in [9.17, 15) is 12.8 Å². The lowest BCUT2D eigenvalue weighted by molar-refractivity contribution is -0.0901. The lowest BCUT2D eigenvalue weighted by Crippen LogP contribution is -2.44. The Bertz CT molecular complexity index is 1050. The fourth-order valence-corrected chi connectivity index (χ4v) is 5.92. The third-order valence-corrected chi connectivity index (χ3v) is 7.71. The van der Waals surface area contributed by atoms with Gasteiger partial charge in [0.05, 0.1) is 29.7 Å². The summed E-state index contributed by atoms with van der Waals surface area (Å²) in [5.41, 5.74) is 2.15. The highest BCUT2D eigenvalue weighted by molar-refractivity contribution is 7.89. The van der Waals surface area contributed by atoms with E-state index in [0.717, 1.165) is 12.0 Å². The molecule has 0 aliphatic carbocycles. The molecule has 174 valence electrons. The monoisotopic (exact) mass is 481 g/mol. The van der Waals surface area contributed by atoms with E-state index in [2.05, 4.69) is 10.0 Å². The summed E-state index contributed by atoms with van der Waals surface area (Å²) in [6, 6.07) is 12.9. The molecule has 2 N–H and O–H groups in total. The first kappa shape index (κ1) is 23.4. The topological polar surface area (TPSA) is 70.7 Å². The molecule has 9 heteroatoms. The second-order valence-corrected chi connectivity index (χ2v) is 11.1. The molecule has 4 atom stereocenters. The Hall–Kier alpha value is -1.71. The van der Waals surface area contributed by atoms with E-state index in [-0.39, 0.29) is 36.5 Å². The summed E-state index contributed by atoms with van der Waals surface area (Å²) >= 11 is 6.17. The molecule has 0 amide bonds. The van der Waals surface area contributed by atoms with Gasteiger partial charge in [0, 0.05) is 29.6 Å². The quantitative estimate of drug-likeness (QED) is 0.626. The van der Waals surface area contributed by atoms with E-state index in [0.29, 0.717) is 29.2 Å². The molecule has 0 saturated carbocycles. The van der Waals surface area contributed by atoms with Gasteiger partial charge in [0.25, 0.3) is 0 Å². The number of halogens is 2. The summed E-state index contributed by atoms with van der Waals surface area (Å²) in [7, 11) is 0.272. The zero-order valence-electron chi connectivity index (χ0n) is 18.2. The molecule has 1 fully saturated rings. The van der Waals surface area contributed by atoms with Crippen LogP contribution in [-0.4, -0.2) is 52.4 Å². The van der Waals surface area contributed by atoms with Crippen molar-refractivity contribution in [2.75, 3.05) is 38.3 Å². The lowest BCUT2D eigenvalue weighted by atomic mass is 9.76. The number of nitrogens with zero attached hydrogens (tertiary/aromatic N) is 1. The number of nitrogens with one attached hydrogen (secondary N) is 2. The van der Waals surface area contributed by atoms with Gasteiger partial charge in [-0.2, -0.15) is 0 Å². The molecular weight excluding hydrogens is 453 g/mol. The van der Waals surface area contributed by atoms with Crippen molar-refractivity contribution in [3.63, 3.8) is 0 Å². The minimum Gasteiger partial charge on any atom is -0.375 e. The van der Waals surface area contributed by atoms with E-state index >= 15 is 0 Å². The van der Waals surface area contributed by atoms with Crippen LogP contribution in [0.1, 0.15) is 36.1 Å². The van der Waals surface area contributed by atoms with Crippen molar-refractivity contribution in [3.8, 4) is 0 Å². The Kier molecular flexibility index (Phi) is 7.07. The number of sulfonamides is 1. The van der Waals surface area contributed by atoms with E-state index in [4.69, 9.17) is 16.3 Å². The molecule has 6 nitrogen and oxygen atoms in total. The van der Waals surface area contributed by atoms with Gasteiger partial charge in [-0.1, -0.05) is 41.9 Å². The van der Waals surface area contributed by atoms with Crippen LogP contribution in [0.5, 0.6) is 0 Å². The predicted molar refractivity (Wildman–Crippen MR) is 125 cm³/mol. The molecule has 2 aromatic carbocycles. The van der Waals surface area contributed by atoms with Crippen molar-refractivity contribution >= 4 is 27.3 Å². The van der Waals surface area contributed by atoms with Crippen molar-refractivity contribution < 1.29 is 17.5 Å². The Morgan fingerprint density at radius 1 is 1.22 bits per heavy atom. The van der Waals surface area contributed by atoms with Crippen LogP contribution >= 0.6 is 11.6 Å². The van der Waals surface area contributed by atoms with Gasteiger partial charge in [-0.25, -0.2) is 17.5 Å². The summed E-state index contributed by atoms with van der Waals surface area (Å²) in [5.74, 6) is -0.311. The number of hydrogen-bond donors (Lipinski definition) is 2. The van der Waals surface area contributed by atoms with Crippen LogP contribution in [-0.2, 0) is 14.8 Å². The standard InChI is InChI=1S/C23H29ClFN3O3S/c1-28(2)10-11-32(29,30)26-14-17-8-9-18-21(15-6-4-3-5-7-15)27-22-19(23(18)31-17)12-16(24)13-20(22)25/h3-7,12-13,17-18,21,23,26-27H,8-11,14H2,1-2H3/t17-,18+,21+,23+/m1/s1. The molecule has 4 rings (SSSR count). The molecule has 0 aromatic heterocycles. The molecule has 2 heterocycles. The van der Waals surface area contributed by atoms with Crippen molar-refractivity contribution in [3.05, 3.63) is 64.4 Å². The van der Waals surface area contributed by atoms with Gasteiger partial charge in [0.15, 0.2) is 0 Å². The Balaban J connectivity index is 1.56. The van der Waals surface area contributed by atoms with E-state index in [1.807, 2.05) is 49.3 Å². The van der Waals surface area contributed by atoms with Crippen LogP contribution in [0.25, 0.3) is 0 Å². The number of rotatable bonds is 7. The lowest BCUT2D eigenvalue weighted by Gasteiger charge is -2.45. The maximum atomic E-state index is 14.8. The maximum Gasteiger partial charge on any atom is 0.212 e. The zero-order chi connectivity index (χ0) is 22.9. The van der Waals surface area contributed by atoms with Crippen LogP contribution in [0.2, 0.25) is 5.02 Å². The minimum absolute atomic E-state index is 0.0302. The molecule has 2 aliphatic heterocycles. The smallest absolute Gasteiger partial charge is 0.212 e. The second kappa shape index (κ2) is 9.65. The maximum absolute atomic E-state index is 14.8. The number of benzene rings is 2. The van der Waals surface area contributed by atoms with E-state index in [1.54, 1.807) is 6.07 Å². The highest BCUT2D eigenvalue weighted by Gasteiger charge is 2.43. The first-order valence-corrected chi connectivity index (χ1v) is 12.8. The molecule has 0 bridgehead atoms. The van der Waals surface area contributed by atoms with Crippen LogP contribution in [0.15, 0.2) is 42.5 Å². The largest absolute Gasteiger partial charge is 0.375 e. The average Bonchev–Trinajstić information content (AvgIpc) is 2.76. The summed E-state index contributed by atoms with van der Waals surface area (Å²) in [6.45, 7) is 0.641. The van der Waals surface area contributed by atoms with Crippen LogP contribution in [0.4, 0.5) is 10.1 Å². The third-order valence-electron chi connectivity index (χ3n) is 6.17. The van der Waals surface area contributed by atoms with Crippen molar-refractivity contribution in [2.24, 2.45) is 5.92 Å². The highest BCUT2D eigenvalue weighted by atomic mass is 35.5. The van der Waals surface area contributed by atoms with Crippen LogP contribution in [0, 0.1) is 11.7 Å². The number of anilines is 1. The highest BCUT2D eigenvalue weighted by Crippen LogP contribution is 2.51. The summed E-state index contributed by atoms with van der Waals surface area (Å²) in [4.78, 5) is 1.83. The summed E-state index contributed by atoms with van der Waals surface area (Å²) in [6.07, 6.45) is 0.847. The van der Waals surface area contributed by atoms with Crippen molar-refractivity contribution in [1.82, 2.24) is 9.62 Å². The Labute approximate surface area is 194 Å². The number of fused-ring (bicyclic) bond motifs is 3. The van der Waals surface area contributed by atoms with Crippen LogP contribution in [0.3, 0.4) is 0 Å². The molecule has 0 radical (unpaired) electrons. The zero-order valence-corrected chi connectivity index (χ0v) is 19.8. The van der Waals surface area contributed by atoms with E-state index < -0.39 is 15.8 Å². The van der Waals surface area contributed by atoms with Gasteiger partial charge in [-0.3, -0.25) is 0 Å². The normalized spacial score (nSPS) is 25.2. The van der Waals surface area contributed by atoms with Gasteiger partial charge in [-0.15, -0.1) is 0 Å². The fourth-order valence-electron chi connectivity index (χ4n) is 4.52. The molecule has 1 saturated heterocycles. The first-order chi connectivity index (χ1) is 15.2. The van der Waals surface area contributed by atoms with Crippen molar-refractivity contribution in [1.29, 1.82) is 0 Å². The van der Waals surface area contributed by atoms with Gasteiger partial charge in [0.2, 0.25) is 10.0 Å². The van der Waals surface area contributed by atoms with Crippen LogP contribution < -0.4 is 10.0 Å². The van der Waals surface area contributed by atoms with Gasteiger partial charge in [0.1, 0.15) is 5.82 Å². The summed E-state index contributed by atoms with van der Waals surface area (Å²) < 4.78 is 48.5. The molecular formula is C23H29ClFN3O3S. The third kappa shape index (κ3) is 5.26. The minimum atomic E-state index is -3.40. The molecule has 0 unspecified atom stereocenters.